The third-order valence-corrected chi connectivity index (χ3v) is 2.63. The number of rotatable bonds is 5. The highest BCUT2D eigenvalue weighted by atomic mass is 14.9. The molecule has 1 heterocycles. The number of allylic oxidation sites excluding steroid dienone is 1. The summed E-state index contributed by atoms with van der Waals surface area (Å²) in [6.45, 7) is 11.6. The molecule has 0 aliphatic carbocycles. The molecule has 1 atom stereocenters. The molecular weight excluding hydrogens is 158 g/mol. The molecular formula is C12H21N. The van der Waals surface area contributed by atoms with E-state index < -0.39 is 0 Å². The van der Waals surface area contributed by atoms with Crippen LogP contribution in [-0.2, 0) is 0 Å². The van der Waals surface area contributed by atoms with Crippen molar-refractivity contribution in [1.82, 2.24) is 5.32 Å². The van der Waals surface area contributed by atoms with E-state index in [0.717, 1.165) is 19.4 Å². The average Bonchev–Trinajstić information content (AvgIpc) is 2.55. The fraction of sp³-hybridized carbons (Fsp3) is 0.667. The summed E-state index contributed by atoms with van der Waals surface area (Å²) in [7, 11) is 0. The van der Waals surface area contributed by atoms with Gasteiger partial charge in [-0.1, -0.05) is 37.6 Å². The lowest BCUT2D eigenvalue weighted by Crippen LogP contribution is -2.23. The van der Waals surface area contributed by atoms with E-state index in [1.165, 1.54) is 30.4 Å². The summed E-state index contributed by atoms with van der Waals surface area (Å²) in [6, 6.07) is 0.564. The lowest BCUT2D eigenvalue weighted by atomic mass is 9.98. The van der Waals surface area contributed by atoms with Crippen LogP contribution in [0, 0.1) is 0 Å². The van der Waals surface area contributed by atoms with Gasteiger partial charge in [0.2, 0.25) is 0 Å². The minimum atomic E-state index is 0.564. The summed E-state index contributed by atoms with van der Waals surface area (Å²) in [6.07, 6.45) is 5.92. The Balaban J connectivity index is 2.27. The van der Waals surface area contributed by atoms with Gasteiger partial charge < -0.3 is 5.32 Å². The van der Waals surface area contributed by atoms with Crippen molar-refractivity contribution in [3.8, 4) is 0 Å². The number of hydrogen-bond donors (Lipinski definition) is 1. The van der Waals surface area contributed by atoms with E-state index in [9.17, 15) is 0 Å². The Hall–Kier alpha value is -0.560. The summed E-state index contributed by atoms with van der Waals surface area (Å²) in [5.74, 6) is 0. The fourth-order valence-corrected chi connectivity index (χ4v) is 1.92. The van der Waals surface area contributed by atoms with Gasteiger partial charge in [-0.2, -0.15) is 0 Å². The van der Waals surface area contributed by atoms with Crippen LogP contribution in [0.5, 0.6) is 0 Å². The second-order valence-electron chi connectivity index (χ2n) is 3.98. The van der Waals surface area contributed by atoms with Crippen molar-refractivity contribution in [2.75, 3.05) is 6.54 Å². The molecule has 0 aromatic carbocycles. The highest BCUT2D eigenvalue weighted by molar-refractivity contribution is 5.16. The Morgan fingerprint density at radius 3 is 2.77 bits per heavy atom. The van der Waals surface area contributed by atoms with E-state index in [2.05, 4.69) is 25.4 Å². The zero-order valence-electron chi connectivity index (χ0n) is 8.73. The van der Waals surface area contributed by atoms with Crippen molar-refractivity contribution in [2.24, 2.45) is 0 Å². The second-order valence-corrected chi connectivity index (χ2v) is 3.98. The summed E-state index contributed by atoms with van der Waals surface area (Å²) in [4.78, 5) is 0. The van der Waals surface area contributed by atoms with Crippen molar-refractivity contribution < 1.29 is 0 Å². The maximum absolute atomic E-state index is 4.14. The predicted octanol–water partition coefficient (Wildman–Crippen LogP) is 3.04. The largest absolute Gasteiger partial charge is 0.310 e. The smallest absolute Gasteiger partial charge is 0.0280 e. The molecule has 1 nitrogen and oxygen atoms in total. The molecule has 74 valence electrons. The molecule has 0 saturated carbocycles. The van der Waals surface area contributed by atoms with E-state index in [-0.39, 0.29) is 0 Å². The standard InChI is InChI=1S/C12H21N/c1-4-6-10(2)9-11(3)12-7-5-8-13-12/h12-13H,2-9H2,1H3. The molecule has 0 amide bonds. The van der Waals surface area contributed by atoms with Crippen molar-refractivity contribution in [2.45, 2.75) is 45.1 Å². The van der Waals surface area contributed by atoms with Gasteiger partial charge in [0.15, 0.2) is 0 Å². The first-order valence-electron chi connectivity index (χ1n) is 5.31. The SMILES string of the molecule is C=C(CCC)CC(=C)C1CCCN1. The van der Waals surface area contributed by atoms with Crippen LogP contribution in [0.2, 0.25) is 0 Å². The number of nitrogens with one attached hydrogen (secondary N) is 1. The normalized spacial score (nSPS) is 21.8. The second kappa shape index (κ2) is 5.23. The minimum Gasteiger partial charge on any atom is -0.310 e. The van der Waals surface area contributed by atoms with Gasteiger partial charge in [0.05, 0.1) is 0 Å². The van der Waals surface area contributed by atoms with Crippen molar-refractivity contribution >= 4 is 0 Å². The van der Waals surface area contributed by atoms with Crippen molar-refractivity contribution in [1.29, 1.82) is 0 Å². The highest BCUT2D eigenvalue weighted by Gasteiger charge is 2.16. The monoisotopic (exact) mass is 179 g/mol. The Kier molecular flexibility index (Phi) is 4.23. The van der Waals surface area contributed by atoms with Gasteiger partial charge in [-0.25, -0.2) is 0 Å². The van der Waals surface area contributed by atoms with E-state index in [0.29, 0.717) is 6.04 Å². The topological polar surface area (TPSA) is 12.0 Å². The Morgan fingerprint density at radius 2 is 2.23 bits per heavy atom. The Labute approximate surface area is 81.9 Å². The zero-order chi connectivity index (χ0) is 9.68. The molecule has 13 heavy (non-hydrogen) atoms. The first-order valence-corrected chi connectivity index (χ1v) is 5.31. The lowest BCUT2D eigenvalue weighted by Gasteiger charge is -2.14. The molecule has 1 unspecified atom stereocenters. The van der Waals surface area contributed by atoms with Crippen LogP contribution < -0.4 is 5.32 Å². The molecule has 0 radical (unpaired) electrons. The summed E-state index contributed by atoms with van der Waals surface area (Å²) in [5, 5.41) is 3.46. The first-order chi connectivity index (χ1) is 6.24. The summed E-state index contributed by atoms with van der Waals surface area (Å²) < 4.78 is 0. The van der Waals surface area contributed by atoms with Crippen LogP contribution in [0.15, 0.2) is 24.3 Å². The van der Waals surface area contributed by atoms with Gasteiger partial charge in [0, 0.05) is 6.04 Å². The van der Waals surface area contributed by atoms with Crippen LogP contribution in [0.25, 0.3) is 0 Å². The van der Waals surface area contributed by atoms with Crippen LogP contribution in [0.4, 0.5) is 0 Å². The van der Waals surface area contributed by atoms with Crippen LogP contribution in [0.3, 0.4) is 0 Å². The van der Waals surface area contributed by atoms with Gasteiger partial charge in [0.25, 0.3) is 0 Å². The lowest BCUT2D eigenvalue weighted by molar-refractivity contribution is 0.669. The maximum Gasteiger partial charge on any atom is 0.0280 e. The van der Waals surface area contributed by atoms with E-state index in [4.69, 9.17) is 0 Å². The molecule has 1 rings (SSSR count). The summed E-state index contributed by atoms with van der Waals surface area (Å²) >= 11 is 0. The Morgan fingerprint density at radius 1 is 1.46 bits per heavy atom. The molecule has 0 bridgehead atoms. The molecule has 1 aliphatic rings. The molecule has 1 N–H and O–H groups in total. The van der Waals surface area contributed by atoms with Crippen molar-refractivity contribution in [3.05, 3.63) is 24.3 Å². The third-order valence-electron chi connectivity index (χ3n) is 2.63. The molecule has 1 heteroatoms. The summed E-state index contributed by atoms with van der Waals surface area (Å²) in [5.41, 5.74) is 2.66. The molecule has 1 saturated heterocycles. The van der Waals surface area contributed by atoms with Crippen LogP contribution in [-0.4, -0.2) is 12.6 Å². The highest BCUT2D eigenvalue weighted by Crippen LogP contribution is 2.20. The zero-order valence-corrected chi connectivity index (χ0v) is 8.73. The van der Waals surface area contributed by atoms with Crippen molar-refractivity contribution in [3.63, 3.8) is 0 Å². The van der Waals surface area contributed by atoms with Gasteiger partial charge in [-0.15, -0.1) is 0 Å². The predicted molar refractivity (Wildman–Crippen MR) is 58.8 cm³/mol. The van der Waals surface area contributed by atoms with E-state index in [1.807, 2.05) is 0 Å². The minimum absolute atomic E-state index is 0.564. The van der Waals surface area contributed by atoms with Gasteiger partial charge >= 0.3 is 0 Å². The van der Waals surface area contributed by atoms with Crippen LogP contribution in [0.1, 0.15) is 39.0 Å². The van der Waals surface area contributed by atoms with Gasteiger partial charge in [0.1, 0.15) is 0 Å². The fourth-order valence-electron chi connectivity index (χ4n) is 1.92. The average molecular weight is 179 g/mol. The maximum atomic E-state index is 4.14. The quantitative estimate of drug-likeness (QED) is 0.640. The van der Waals surface area contributed by atoms with Gasteiger partial charge in [-0.05, 0) is 32.2 Å². The number of hydrogen-bond acceptors (Lipinski definition) is 1. The molecule has 1 fully saturated rings. The van der Waals surface area contributed by atoms with Crippen LogP contribution >= 0.6 is 0 Å². The molecule has 0 aromatic heterocycles. The van der Waals surface area contributed by atoms with E-state index >= 15 is 0 Å². The Bertz CT molecular complexity index is 187. The molecule has 1 aliphatic heterocycles. The third kappa shape index (κ3) is 3.35. The first kappa shape index (κ1) is 10.5. The molecule has 0 aromatic rings. The molecule has 0 spiro atoms. The van der Waals surface area contributed by atoms with Gasteiger partial charge in [-0.3, -0.25) is 0 Å². The van der Waals surface area contributed by atoms with E-state index in [1.54, 1.807) is 0 Å².